The maximum atomic E-state index is 12.0. The van der Waals surface area contributed by atoms with Crippen molar-refractivity contribution in [3.05, 3.63) is 11.6 Å². The van der Waals surface area contributed by atoms with Crippen LogP contribution in [0.3, 0.4) is 0 Å². The van der Waals surface area contributed by atoms with Crippen LogP contribution < -0.4 is 0 Å². The molecule has 0 aromatic carbocycles. The maximum absolute atomic E-state index is 12.0. The van der Waals surface area contributed by atoms with E-state index in [1.165, 1.54) is 5.57 Å². The van der Waals surface area contributed by atoms with Gasteiger partial charge in [-0.2, -0.15) is 0 Å². The maximum Gasteiger partial charge on any atom is 0.139 e. The summed E-state index contributed by atoms with van der Waals surface area (Å²) in [4.78, 5) is 12.0. The van der Waals surface area contributed by atoms with Gasteiger partial charge in [-0.15, -0.1) is 0 Å². The van der Waals surface area contributed by atoms with E-state index in [1.807, 2.05) is 0 Å². The molecule has 2 aliphatic rings. The van der Waals surface area contributed by atoms with Crippen molar-refractivity contribution in [3.63, 3.8) is 0 Å². The monoisotopic (exact) mass is 192 g/mol. The summed E-state index contributed by atoms with van der Waals surface area (Å²) < 4.78 is 0. The van der Waals surface area contributed by atoms with Crippen molar-refractivity contribution >= 4 is 5.78 Å². The summed E-state index contributed by atoms with van der Waals surface area (Å²) in [6, 6.07) is 0. The number of carbonyl (C=O) groups is 1. The van der Waals surface area contributed by atoms with E-state index < -0.39 is 0 Å². The van der Waals surface area contributed by atoms with Crippen LogP contribution in [0.4, 0.5) is 0 Å². The van der Waals surface area contributed by atoms with Crippen LogP contribution >= 0.6 is 0 Å². The normalized spacial score (nSPS) is 37.7. The summed E-state index contributed by atoms with van der Waals surface area (Å²) in [6.07, 6.45) is 8.75. The van der Waals surface area contributed by atoms with E-state index >= 15 is 0 Å². The van der Waals surface area contributed by atoms with E-state index in [0.717, 1.165) is 38.5 Å². The Labute approximate surface area is 86.6 Å². The quantitative estimate of drug-likeness (QED) is 0.581. The third kappa shape index (κ3) is 1.34. The third-order valence-corrected chi connectivity index (χ3v) is 4.24. The molecule has 2 atom stereocenters. The highest BCUT2D eigenvalue weighted by molar-refractivity contribution is 5.87. The molecule has 1 fully saturated rings. The number of allylic oxidation sites excluding steroid dienone is 2. The molecule has 14 heavy (non-hydrogen) atoms. The van der Waals surface area contributed by atoms with Crippen LogP contribution in [-0.2, 0) is 4.79 Å². The highest BCUT2D eigenvalue weighted by Gasteiger charge is 2.47. The van der Waals surface area contributed by atoms with Crippen molar-refractivity contribution < 1.29 is 4.79 Å². The van der Waals surface area contributed by atoms with E-state index in [0.29, 0.717) is 11.7 Å². The number of rotatable bonds is 1. The lowest BCUT2D eigenvalue weighted by Gasteiger charge is -2.38. The summed E-state index contributed by atoms with van der Waals surface area (Å²) in [5.74, 6) is 1.18. The van der Waals surface area contributed by atoms with E-state index in [4.69, 9.17) is 0 Å². The topological polar surface area (TPSA) is 17.1 Å². The SMILES string of the molecule is CCC1CC(C)=CCC12CCCC2=O. The van der Waals surface area contributed by atoms with Crippen LogP contribution in [0.2, 0.25) is 0 Å². The molecule has 78 valence electrons. The predicted molar refractivity (Wildman–Crippen MR) is 58.1 cm³/mol. The van der Waals surface area contributed by atoms with Gasteiger partial charge < -0.3 is 0 Å². The molecule has 2 aliphatic carbocycles. The van der Waals surface area contributed by atoms with Crippen LogP contribution in [0, 0.1) is 11.3 Å². The Morgan fingerprint density at radius 1 is 1.57 bits per heavy atom. The van der Waals surface area contributed by atoms with Gasteiger partial charge in [-0.05, 0) is 38.5 Å². The summed E-state index contributed by atoms with van der Waals surface area (Å²) in [5, 5.41) is 0. The lowest BCUT2D eigenvalue weighted by molar-refractivity contribution is -0.129. The number of hydrogen-bond donors (Lipinski definition) is 0. The van der Waals surface area contributed by atoms with Gasteiger partial charge in [0.15, 0.2) is 0 Å². The summed E-state index contributed by atoms with van der Waals surface area (Å²) in [6.45, 7) is 4.44. The molecule has 0 amide bonds. The fraction of sp³-hybridized carbons (Fsp3) is 0.769. The average molecular weight is 192 g/mol. The zero-order valence-corrected chi connectivity index (χ0v) is 9.31. The largest absolute Gasteiger partial charge is 0.299 e. The van der Waals surface area contributed by atoms with Crippen molar-refractivity contribution in [1.29, 1.82) is 0 Å². The van der Waals surface area contributed by atoms with Crippen molar-refractivity contribution in [2.45, 2.75) is 52.4 Å². The molecule has 1 spiro atoms. The van der Waals surface area contributed by atoms with Crippen LogP contribution in [0.25, 0.3) is 0 Å². The molecule has 0 heterocycles. The molecule has 0 N–H and O–H groups in total. The van der Waals surface area contributed by atoms with Crippen molar-refractivity contribution in [1.82, 2.24) is 0 Å². The van der Waals surface area contributed by atoms with Crippen LogP contribution in [0.15, 0.2) is 11.6 Å². The molecule has 0 bridgehead atoms. The molecule has 2 unspecified atom stereocenters. The standard InChI is InChI=1S/C13H20O/c1-3-11-9-10(2)6-8-13(11)7-4-5-12(13)14/h6,11H,3-5,7-9H2,1-2H3. The minimum atomic E-state index is 0.0637. The first-order valence-corrected chi connectivity index (χ1v) is 5.88. The summed E-state index contributed by atoms with van der Waals surface area (Å²) >= 11 is 0. The van der Waals surface area contributed by atoms with Gasteiger partial charge in [0, 0.05) is 11.8 Å². The van der Waals surface area contributed by atoms with Crippen molar-refractivity contribution in [2.75, 3.05) is 0 Å². The first-order chi connectivity index (χ1) is 6.69. The lowest BCUT2D eigenvalue weighted by atomic mass is 9.64. The van der Waals surface area contributed by atoms with Gasteiger partial charge in [-0.25, -0.2) is 0 Å². The Morgan fingerprint density at radius 3 is 2.93 bits per heavy atom. The average Bonchev–Trinajstić information content (AvgIpc) is 2.53. The minimum Gasteiger partial charge on any atom is -0.299 e. The zero-order valence-electron chi connectivity index (χ0n) is 9.31. The Balaban J connectivity index is 2.29. The number of Topliss-reactive ketones (excluding diaryl/α,β-unsaturated/α-hetero) is 1. The second kappa shape index (κ2) is 3.52. The van der Waals surface area contributed by atoms with E-state index in [2.05, 4.69) is 19.9 Å². The van der Waals surface area contributed by atoms with Crippen LogP contribution in [0.1, 0.15) is 52.4 Å². The minimum absolute atomic E-state index is 0.0637. The smallest absolute Gasteiger partial charge is 0.139 e. The van der Waals surface area contributed by atoms with E-state index in [-0.39, 0.29) is 5.41 Å². The number of ketones is 1. The van der Waals surface area contributed by atoms with Crippen LogP contribution in [0.5, 0.6) is 0 Å². The van der Waals surface area contributed by atoms with Gasteiger partial charge in [0.1, 0.15) is 5.78 Å². The summed E-state index contributed by atoms with van der Waals surface area (Å²) in [7, 11) is 0. The van der Waals surface area contributed by atoms with Gasteiger partial charge in [0.2, 0.25) is 0 Å². The fourth-order valence-corrected chi connectivity index (χ4v) is 3.33. The van der Waals surface area contributed by atoms with Gasteiger partial charge in [0.05, 0.1) is 0 Å². The Bertz CT molecular complexity index is 277. The molecule has 1 nitrogen and oxygen atoms in total. The number of carbonyl (C=O) groups excluding carboxylic acids is 1. The highest BCUT2D eigenvalue weighted by Crippen LogP contribution is 2.50. The highest BCUT2D eigenvalue weighted by atomic mass is 16.1. The predicted octanol–water partition coefficient (Wildman–Crippen LogP) is 3.49. The third-order valence-electron chi connectivity index (χ3n) is 4.24. The molecular weight excluding hydrogens is 172 g/mol. The van der Waals surface area contributed by atoms with Crippen LogP contribution in [-0.4, -0.2) is 5.78 Å². The van der Waals surface area contributed by atoms with E-state index in [1.54, 1.807) is 0 Å². The number of hydrogen-bond acceptors (Lipinski definition) is 1. The molecular formula is C13H20O. The Morgan fingerprint density at radius 2 is 2.36 bits per heavy atom. The first-order valence-electron chi connectivity index (χ1n) is 5.88. The van der Waals surface area contributed by atoms with Crippen molar-refractivity contribution in [2.24, 2.45) is 11.3 Å². The van der Waals surface area contributed by atoms with Gasteiger partial charge in [0.25, 0.3) is 0 Å². The molecule has 1 heteroatoms. The molecule has 0 aliphatic heterocycles. The Hall–Kier alpha value is -0.590. The molecule has 0 aromatic rings. The first kappa shape index (κ1) is 9.95. The molecule has 0 saturated heterocycles. The molecule has 1 saturated carbocycles. The zero-order chi connectivity index (χ0) is 10.2. The molecule has 0 aromatic heterocycles. The van der Waals surface area contributed by atoms with Gasteiger partial charge >= 0.3 is 0 Å². The van der Waals surface area contributed by atoms with E-state index in [9.17, 15) is 4.79 Å². The van der Waals surface area contributed by atoms with Gasteiger partial charge in [-0.3, -0.25) is 4.79 Å². The van der Waals surface area contributed by atoms with Crippen molar-refractivity contribution in [3.8, 4) is 0 Å². The Kier molecular flexibility index (Phi) is 2.50. The molecule has 0 radical (unpaired) electrons. The summed E-state index contributed by atoms with van der Waals surface area (Å²) in [5.41, 5.74) is 1.55. The van der Waals surface area contributed by atoms with Gasteiger partial charge in [-0.1, -0.05) is 25.0 Å². The second-order valence-corrected chi connectivity index (χ2v) is 5.00. The molecule has 2 rings (SSSR count). The second-order valence-electron chi connectivity index (χ2n) is 5.00. The lowest BCUT2D eigenvalue weighted by Crippen LogP contribution is -2.36. The fourth-order valence-electron chi connectivity index (χ4n) is 3.33.